The number of aromatic amines is 1. The van der Waals surface area contributed by atoms with E-state index in [4.69, 9.17) is 21.1 Å². The molecule has 4 aromatic rings. The predicted octanol–water partition coefficient (Wildman–Crippen LogP) is 3.87. The monoisotopic (exact) mass is 418 g/mol. The number of pyridine rings is 1. The van der Waals surface area contributed by atoms with E-state index in [0.29, 0.717) is 33.5 Å². The van der Waals surface area contributed by atoms with Gasteiger partial charge in [-0.1, -0.05) is 35.9 Å². The summed E-state index contributed by atoms with van der Waals surface area (Å²) in [5.41, 5.74) is 1.78. The predicted molar refractivity (Wildman–Crippen MR) is 108 cm³/mol. The zero-order chi connectivity index (χ0) is 20.8. The summed E-state index contributed by atoms with van der Waals surface area (Å²) in [6.45, 7) is 0.284. The molecule has 4 rings (SSSR count). The molecular formula is C21H15ClN6O2. The minimum atomic E-state index is -0.744. The van der Waals surface area contributed by atoms with Crippen molar-refractivity contribution < 1.29 is 9.47 Å². The van der Waals surface area contributed by atoms with E-state index in [1.165, 1.54) is 0 Å². The quantitative estimate of drug-likeness (QED) is 0.485. The molecule has 1 atom stereocenters. The van der Waals surface area contributed by atoms with E-state index in [1.807, 2.05) is 36.4 Å². The van der Waals surface area contributed by atoms with Gasteiger partial charge in [0, 0.05) is 22.8 Å². The third-order valence-corrected chi connectivity index (χ3v) is 4.57. The molecule has 0 radical (unpaired) electrons. The van der Waals surface area contributed by atoms with Gasteiger partial charge in [0.15, 0.2) is 11.9 Å². The highest BCUT2D eigenvalue weighted by Crippen LogP contribution is 2.34. The number of benzene rings is 2. The topological polar surface area (TPSA) is 110 Å². The van der Waals surface area contributed by atoms with Crippen molar-refractivity contribution in [3.63, 3.8) is 0 Å². The van der Waals surface area contributed by atoms with Crippen molar-refractivity contribution in [3.8, 4) is 17.6 Å². The summed E-state index contributed by atoms with van der Waals surface area (Å²) in [7, 11) is 0. The number of hydrogen-bond acceptors (Lipinski definition) is 7. The first-order valence-corrected chi connectivity index (χ1v) is 9.34. The Morgan fingerprint density at radius 2 is 1.97 bits per heavy atom. The molecule has 1 unspecified atom stereocenters. The Balaban J connectivity index is 1.64. The molecule has 0 saturated carbocycles. The second kappa shape index (κ2) is 9.03. The van der Waals surface area contributed by atoms with Crippen LogP contribution in [0.5, 0.6) is 11.5 Å². The van der Waals surface area contributed by atoms with E-state index < -0.39 is 6.10 Å². The zero-order valence-electron chi connectivity index (χ0n) is 15.6. The van der Waals surface area contributed by atoms with Crippen molar-refractivity contribution in [1.29, 1.82) is 5.26 Å². The van der Waals surface area contributed by atoms with Crippen LogP contribution in [0.3, 0.4) is 0 Å². The molecule has 0 fully saturated rings. The van der Waals surface area contributed by atoms with Crippen LogP contribution in [0.25, 0.3) is 0 Å². The second-order valence-electron chi connectivity index (χ2n) is 6.19. The lowest BCUT2D eigenvalue weighted by Gasteiger charge is -2.19. The fraction of sp³-hybridized carbons (Fsp3) is 0.0952. The molecular weight excluding hydrogens is 404 g/mol. The first kappa shape index (κ1) is 19.4. The van der Waals surface area contributed by atoms with Crippen molar-refractivity contribution in [2.75, 3.05) is 0 Å². The minimum absolute atomic E-state index is 0.284. The van der Waals surface area contributed by atoms with Gasteiger partial charge in [0.2, 0.25) is 0 Å². The Morgan fingerprint density at radius 1 is 1.10 bits per heavy atom. The van der Waals surface area contributed by atoms with Gasteiger partial charge >= 0.3 is 0 Å². The summed E-state index contributed by atoms with van der Waals surface area (Å²) < 4.78 is 12.0. The Bertz CT molecular complexity index is 1160. The van der Waals surface area contributed by atoms with Gasteiger partial charge < -0.3 is 9.47 Å². The smallest absolute Gasteiger partial charge is 0.194 e. The number of nitriles is 1. The number of hydrogen-bond donors (Lipinski definition) is 1. The Labute approximate surface area is 177 Å². The zero-order valence-corrected chi connectivity index (χ0v) is 16.3. The third kappa shape index (κ3) is 4.37. The normalized spacial score (nSPS) is 11.5. The summed E-state index contributed by atoms with van der Waals surface area (Å²) in [6, 6.07) is 19.9. The molecule has 2 aromatic carbocycles. The third-order valence-electron chi connectivity index (χ3n) is 4.23. The van der Waals surface area contributed by atoms with E-state index in [2.05, 4.69) is 31.7 Å². The summed E-state index contributed by atoms with van der Waals surface area (Å²) >= 11 is 6.37. The second-order valence-corrected chi connectivity index (χ2v) is 6.59. The van der Waals surface area contributed by atoms with Crippen LogP contribution in [0.1, 0.15) is 28.7 Å². The highest BCUT2D eigenvalue weighted by Gasteiger charge is 2.24. The van der Waals surface area contributed by atoms with Gasteiger partial charge in [-0.2, -0.15) is 5.26 Å². The molecule has 0 spiro atoms. The average molecular weight is 419 g/mol. The fourth-order valence-electron chi connectivity index (χ4n) is 2.78. The Kier molecular flexibility index (Phi) is 5.83. The van der Waals surface area contributed by atoms with Crippen LogP contribution >= 0.6 is 11.6 Å². The van der Waals surface area contributed by atoms with Crippen molar-refractivity contribution >= 4 is 11.6 Å². The number of halogens is 1. The molecule has 148 valence electrons. The molecule has 1 N–H and O–H groups in total. The fourth-order valence-corrected chi connectivity index (χ4v) is 3.02. The largest absolute Gasteiger partial charge is 0.487 e. The summed E-state index contributed by atoms with van der Waals surface area (Å²) in [4.78, 5) is 4.23. The van der Waals surface area contributed by atoms with E-state index in [-0.39, 0.29) is 6.61 Å². The van der Waals surface area contributed by atoms with Crippen LogP contribution in [-0.2, 0) is 6.61 Å². The molecule has 2 aromatic heterocycles. The Hall–Kier alpha value is -3.96. The van der Waals surface area contributed by atoms with Crippen LogP contribution in [0, 0.1) is 11.3 Å². The summed E-state index contributed by atoms with van der Waals surface area (Å²) in [5.74, 6) is 1.20. The SMILES string of the molecule is N#Cc1ccc(OCc2ccccn2)cc1OC(c1nnn[nH]1)c1ccccc1Cl. The van der Waals surface area contributed by atoms with Gasteiger partial charge in [0.1, 0.15) is 24.2 Å². The van der Waals surface area contributed by atoms with Gasteiger partial charge in [0.25, 0.3) is 0 Å². The highest BCUT2D eigenvalue weighted by atomic mass is 35.5. The number of nitrogens with zero attached hydrogens (tertiary/aromatic N) is 5. The van der Waals surface area contributed by atoms with Crippen LogP contribution in [-0.4, -0.2) is 25.6 Å². The van der Waals surface area contributed by atoms with E-state index in [9.17, 15) is 5.26 Å². The van der Waals surface area contributed by atoms with Crippen molar-refractivity contribution in [1.82, 2.24) is 25.6 Å². The lowest BCUT2D eigenvalue weighted by atomic mass is 10.1. The summed E-state index contributed by atoms with van der Waals surface area (Å²) in [5, 5.41) is 23.9. The van der Waals surface area contributed by atoms with E-state index >= 15 is 0 Å². The first-order valence-electron chi connectivity index (χ1n) is 8.96. The highest BCUT2D eigenvalue weighted by molar-refractivity contribution is 6.31. The summed E-state index contributed by atoms with van der Waals surface area (Å²) in [6.07, 6.45) is 0.956. The molecule has 0 aliphatic heterocycles. The van der Waals surface area contributed by atoms with Gasteiger partial charge in [-0.25, -0.2) is 5.10 Å². The number of H-pyrrole nitrogens is 1. The molecule has 0 saturated heterocycles. The Morgan fingerprint density at radius 3 is 2.70 bits per heavy atom. The maximum absolute atomic E-state index is 9.53. The van der Waals surface area contributed by atoms with Gasteiger partial charge in [0.05, 0.1) is 11.3 Å². The number of nitrogens with one attached hydrogen (secondary N) is 1. The number of aromatic nitrogens is 5. The minimum Gasteiger partial charge on any atom is -0.487 e. The standard InChI is InChI=1S/C21H15ClN6O2/c22-18-7-2-1-6-17(18)20(21-25-27-28-26-21)30-19-11-16(9-8-14(19)12-23)29-13-15-5-3-4-10-24-15/h1-11,20H,13H2,(H,25,26,27,28). The van der Waals surface area contributed by atoms with Gasteiger partial charge in [-0.3, -0.25) is 4.98 Å². The van der Waals surface area contributed by atoms with E-state index in [1.54, 1.807) is 30.5 Å². The van der Waals surface area contributed by atoms with Crippen LogP contribution in [0.4, 0.5) is 0 Å². The first-order chi connectivity index (χ1) is 14.7. The van der Waals surface area contributed by atoms with E-state index in [0.717, 1.165) is 5.69 Å². The molecule has 9 heteroatoms. The van der Waals surface area contributed by atoms with Crippen molar-refractivity contribution in [2.45, 2.75) is 12.7 Å². The molecule has 30 heavy (non-hydrogen) atoms. The van der Waals surface area contributed by atoms with Gasteiger partial charge in [-0.15, -0.1) is 5.10 Å². The van der Waals surface area contributed by atoms with Crippen LogP contribution in [0.15, 0.2) is 66.9 Å². The van der Waals surface area contributed by atoms with Crippen LogP contribution < -0.4 is 9.47 Å². The molecule has 0 aliphatic rings. The number of tetrazole rings is 1. The van der Waals surface area contributed by atoms with Gasteiger partial charge in [-0.05, 0) is 40.8 Å². The maximum atomic E-state index is 9.53. The van der Waals surface area contributed by atoms with Crippen molar-refractivity contribution in [2.24, 2.45) is 0 Å². The maximum Gasteiger partial charge on any atom is 0.194 e. The molecule has 2 heterocycles. The lowest BCUT2D eigenvalue weighted by Crippen LogP contribution is -2.13. The number of ether oxygens (including phenoxy) is 2. The lowest BCUT2D eigenvalue weighted by molar-refractivity contribution is 0.233. The van der Waals surface area contributed by atoms with Crippen LogP contribution in [0.2, 0.25) is 5.02 Å². The van der Waals surface area contributed by atoms with Crippen molar-refractivity contribution in [3.05, 3.63) is 94.5 Å². The molecule has 0 aliphatic carbocycles. The molecule has 8 nitrogen and oxygen atoms in total. The molecule has 0 bridgehead atoms. The average Bonchev–Trinajstić information content (AvgIpc) is 3.32. The molecule has 0 amide bonds. The number of rotatable bonds is 7.